The summed E-state index contributed by atoms with van der Waals surface area (Å²) in [6, 6.07) is -0.459. The first-order chi connectivity index (χ1) is 9.61. The van der Waals surface area contributed by atoms with E-state index in [9.17, 15) is 18.0 Å². The first-order valence-corrected chi connectivity index (χ1v) is 8.57. The number of carbonyl (C=O) groups is 2. The lowest BCUT2D eigenvalue weighted by molar-refractivity contribution is -0.137. The molecule has 0 aromatic rings. The maximum Gasteiger partial charge on any atom is 0.314 e. The van der Waals surface area contributed by atoms with E-state index in [4.69, 9.17) is 10.2 Å². The number of nitrogens with one attached hydrogen (secondary N) is 2. The molecule has 0 aromatic heterocycles. The lowest BCUT2D eigenvalue weighted by Crippen LogP contribution is -2.39. The van der Waals surface area contributed by atoms with Crippen molar-refractivity contribution >= 4 is 22.0 Å². The number of rotatable bonds is 10. The number of carboxylic acids is 1. The Morgan fingerprint density at radius 2 is 1.71 bits per heavy atom. The molecule has 0 aliphatic carbocycles. The molecule has 1 unspecified atom stereocenters. The van der Waals surface area contributed by atoms with Crippen LogP contribution in [-0.2, 0) is 14.8 Å². The van der Waals surface area contributed by atoms with Gasteiger partial charge in [-0.05, 0) is 24.7 Å². The SMILES string of the molecule is CC(C)C(CCNC(=O)NCCS(N)(=O)=O)CCC(=O)O. The Balaban J connectivity index is 3.92. The number of nitrogens with two attached hydrogens (primary N) is 1. The molecule has 21 heavy (non-hydrogen) atoms. The van der Waals surface area contributed by atoms with E-state index in [1.54, 1.807) is 0 Å². The van der Waals surface area contributed by atoms with E-state index in [-0.39, 0.29) is 24.6 Å². The van der Waals surface area contributed by atoms with Crippen molar-refractivity contribution in [3.8, 4) is 0 Å². The van der Waals surface area contributed by atoms with Crippen LogP contribution in [0.3, 0.4) is 0 Å². The van der Waals surface area contributed by atoms with Crippen LogP contribution in [0.2, 0.25) is 0 Å². The highest BCUT2D eigenvalue weighted by molar-refractivity contribution is 7.89. The van der Waals surface area contributed by atoms with Crippen LogP contribution >= 0.6 is 0 Å². The van der Waals surface area contributed by atoms with Crippen LogP contribution in [0.25, 0.3) is 0 Å². The highest BCUT2D eigenvalue weighted by Gasteiger charge is 2.15. The molecule has 9 heteroatoms. The molecule has 0 spiro atoms. The summed E-state index contributed by atoms with van der Waals surface area (Å²) in [5, 5.41) is 18.5. The second-order valence-corrected chi connectivity index (χ2v) is 7.01. The van der Waals surface area contributed by atoms with E-state index in [0.717, 1.165) is 0 Å². The second kappa shape index (κ2) is 9.56. The number of hydrogen-bond acceptors (Lipinski definition) is 4. The normalized spacial score (nSPS) is 13.0. The molecule has 0 bridgehead atoms. The summed E-state index contributed by atoms with van der Waals surface area (Å²) >= 11 is 0. The Hall–Kier alpha value is -1.35. The van der Waals surface area contributed by atoms with Crippen LogP contribution in [0.5, 0.6) is 0 Å². The van der Waals surface area contributed by atoms with Crippen molar-refractivity contribution in [1.82, 2.24) is 10.6 Å². The predicted molar refractivity (Wildman–Crippen MR) is 79.2 cm³/mol. The molecule has 0 aromatic carbocycles. The van der Waals surface area contributed by atoms with Gasteiger partial charge in [0, 0.05) is 19.5 Å². The zero-order chi connectivity index (χ0) is 16.5. The first-order valence-electron chi connectivity index (χ1n) is 6.85. The number of urea groups is 1. The Morgan fingerprint density at radius 3 is 2.19 bits per heavy atom. The van der Waals surface area contributed by atoms with Gasteiger partial charge in [-0.2, -0.15) is 0 Å². The molecule has 0 rings (SSSR count). The van der Waals surface area contributed by atoms with Crippen molar-refractivity contribution in [1.29, 1.82) is 0 Å². The third kappa shape index (κ3) is 12.1. The molecule has 0 saturated heterocycles. The molecule has 1 atom stereocenters. The monoisotopic (exact) mass is 323 g/mol. The zero-order valence-electron chi connectivity index (χ0n) is 12.5. The van der Waals surface area contributed by atoms with Gasteiger partial charge in [-0.25, -0.2) is 18.4 Å². The van der Waals surface area contributed by atoms with E-state index in [2.05, 4.69) is 10.6 Å². The van der Waals surface area contributed by atoms with Crippen LogP contribution in [0.15, 0.2) is 0 Å². The Morgan fingerprint density at radius 1 is 1.14 bits per heavy atom. The number of aliphatic carboxylic acids is 1. The van der Waals surface area contributed by atoms with Crippen molar-refractivity contribution in [2.75, 3.05) is 18.8 Å². The van der Waals surface area contributed by atoms with Gasteiger partial charge in [-0.15, -0.1) is 0 Å². The van der Waals surface area contributed by atoms with Crippen molar-refractivity contribution in [3.05, 3.63) is 0 Å². The second-order valence-electron chi connectivity index (χ2n) is 5.27. The minimum atomic E-state index is -3.58. The minimum absolute atomic E-state index is 0.0444. The van der Waals surface area contributed by atoms with Gasteiger partial charge < -0.3 is 15.7 Å². The summed E-state index contributed by atoms with van der Waals surface area (Å²) < 4.78 is 21.4. The summed E-state index contributed by atoms with van der Waals surface area (Å²) in [7, 11) is -3.58. The summed E-state index contributed by atoms with van der Waals surface area (Å²) in [6.07, 6.45) is 1.36. The summed E-state index contributed by atoms with van der Waals surface area (Å²) in [5.74, 6) is -0.593. The average molecular weight is 323 g/mol. The maximum atomic E-state index is 11.4. The van der Waals surface area contributed by atoms with Gasteiger partial charge in [-0.3, -0.25) is 4.79 Å². The Kier molecular flexibility index (Phi) is 8.95. The van der Waals surface area contributed by atoms with E-state index >= 15 is 0 Å². The summed E-state index contributed by atoms with van der Waals surface area (Å²) in [4.78, 5) is 22.0. The molecule has 124 valence electrons. The van der Waals surface area contributed by atoms with E-state index in [1.165, 1.54) is 0 Å². The number of carbonyl (C=O) groups excluding carboxylic acids is 1. The standard InChI is InChI=1S/C12H25N3O5S/c1-9(2)10(3-4-11(16)17)5-6-14-12(18)15-7-8-21(13,19)20/h9-10H,3-8H2,1-2H3,(H,16,17)(H2,13,19,20)(H2,14,15,18). The fraction of sp³-hybridized carbons (Fsp3) is 0.833. The van der Waals surface area contributed by atoms with Gasteiger partial charge in [0.1, 0.15) is 0 Å². The van der Waals surface area contributed by atoms with Crippen molar-refractivity contribution in [2.45, 2.75) is 33.1 Å². The van der Waals surface area contributed by atoms with E-state index in [1.807, 2.05) is 13.8 Å². The van der Waals surface area contributed by atoms with Crippen LogP contribution in [0, 0.1) is 11.8 Å². The van der Waals surface area contributed by atoms with Gasteiger partial charge in [0.2, 0.25) is 10.0 Å². The highest BCUT2D eigenvalue weighted by Crippen LogP contribution is 2.20. The largest absolute Gasteiger partial charge is 0.481 e. The topological polar surface area (TPSA) is 139 Å². The predicted octanol–water partition coefficient (Wildman–Crippen LogP) is 0.101. The smallest absolute Gasteiger partial charge is 0.314 e. The molecule has 0 saturated carbocycles. The van der Waals surface area contributed by atoms with Gasteiger partial charge in [0.05, 0.1) is 5.75 Å². The van der Waals surface area contributed by atoms with E-state index in [0.29, 0.717) is 25.3 Å². The van der Waals surface area contributed by atoms with Gasteiger partial charge in [-0.1, -0.05) is 13.8 Å². The Bertz CT molecular complexity index is 436. The fourth-order valence-electron chi connectivity index (χ4n) is 1.86. The third-order valence-electron chi connectivity index (χ3n) is 3.14. The Labute approximate surface area is 125 Å². The summed E-state index contributed by atoms with van der Waals surface area (Å²) in [5.41, 5.74) is 0. The minimum Gasteiger partial charge on any atom is -0.481 e. The molecule has 2 amide bonds. The zero-order valence-corrected chi connectivity index (χ0v) is 13.3. The molecular weight excluding hydrogens is 298 g/mol. The van der Waals surface area contributed by atoms with Gasteiger partial charge >= 0.3 is 12.0 Å². The molecule has 8 nitrogen and oxygen atoms in total. The number of amides is 2. The van der Waals surface area contributed by atoms with Crippen LogP contribution in [-0.4, -0.2) is 44.4 Å². The molecule has 5 N–H and O–H groups in total. The lowest BCUT2D eigenvalue weighted by Gasteiger charge is -2.20. The molecule has 0 aliphatic rings. The van der Waals surface area contributed by atoms with Crippen LogP contribution < -0.4 is 15.8 Å². The van der Waals surface area contributed by atoms with Gasteiger partial charge in [0.25, 0.3) is 0 Å². The maximum absolute atomic E-state index is 11.4. The highest BCUT2D eigenvalue weighted by atomic mass is 32.2. The van der Waals surface area contributed by atoms with Gasteiger partial charge in [0.15, 0.2) is 0 Å². The molecule has 0 aliphatic heterocycles. The number of primary sulfonamides is 1. The van der Waals surface area contributed by atoms with Crippen LogP contribution in [0.1, 0.15) is 33.1 Å². The molecule has 0 heterocycles. The number of hydrogen-bond donors (Lipinski definition) is 4. The van der Waals surface area contributed by atoms with E-state index < -0.39 is 22.0 Å². The molecule has 0 radical (unpaired) electrons. The number of sulfonamides is 1. The number of carboxylic acid groups (broad SMARTS) is 1. The quantitative estimate of drug-likeness (QED) is 0.451. The third-order valence-corrected chi connectivity index (χ3v) is 3.92. The lowest BCUT2D eigenvalue weighted by atomic mass is 9.88. The first kappa shape index (κ1) is 19.7. The fourth-order valence-corrected chi connectivity index (χ4v) is 2.25. The van der Waals surface area contributed by atoms with Crippen molar-refractivity contribution in [3.63, 3.8) is 0 Å². The molecular formula is C12H25N3O5S. The average Bonchev–Trinajstić information content (AvgIpc) is 2.30. The van der Waals surface area contributed by atoms with Crippen LogP contribution in [0.4, 0.5) is 4.79 Å². The van der Waals surface area contributed by atoms with Crippen molar-refractivity contribution < 1.29 is 23.1 Å². The van der Waals surface area contributed by atoms with Crippen molar-refractivity contribution in [2.24, 2.45) is 17.0 Å². The summed E-state index contributed by atoms with van der Waals surface area (Å²) in [6.45, 7) is 4.39. The molecule has 0 fully saturated rings.